The van der Waals surface area contributed by atoms with Crippen LogP contribution in [-0.4, -0.2) is 22.8 Å². The second kappa shape index (κ2) is 4.44. The molecule has 2 N–H and O–H groups in total. The molecule has 1 aromatic rings. The Kier molecular flexibility index (Phi) is 3.49. The van der Waals surface area contributed by atoms with Crippen LogP contribution in [0.4, 0.5) is 0 Å². The molecular formula is C10H11ClO3. The van der Waals surface area contributed by atoms with E-state index in [0.717, 1.165) is 5.56 Å². The quantitative estimate of drug-likeness (QED) is 0.807. The lowest BCUT2D eigenvalue weighted by molar-refractivity contribution is -0.139. The maximum Gasteiger partial charge on any atom is 0.313 e. The molecule has 0 aliphatic rings. The number of halogens is 1. The van der Waals surface area contributed by atoms with Crippen LogP contribution in [0.25, 0.3) is 0 Å². The molecule has 0 radical (unpaired) electrons. The first-order valence-electron chi connectivity index (χ1n) is 4.16. The number of carbonyl (C=O) groups is 1. The highest BCUT2D eigenvalue weighted by molar-refractivity contribution is 6.32. The molecule has 0 saturated heterocycles. The number of carboxylic acid groups (broad SMARTS) is 1. The van der Waals surface area contributed by atoms with Crippen molar-refractivity contribution in [2.24, 2.45) is 0 Å². The molecule has 1 unspecified atom stereocenters. The highest BCUT2D eigenvalue weighted by Crippen LogP contribution is 2.27. The number of aliphatic carboxylic acids is 1. The standard InChI is InChI=1S/C10H11ClO3/c1-6-3-2-4-7(9(6)11)8(5-12)10(13)14/h2-4,8,12H,5H2,1H3,(H,13,14). The third kappa shape index (κ3) is 2.05. The maximum atomic E-state index is 10.8. The summed E-state index contributed by atoms with van der Waals surface area (Å²) in [5.41, 5.74) is 1.27. The molecule has 0 fully saturated rings. The molecule has 0 heterocycles. The Balaban J connectivity index is 3.16. The van der Waals surface area contributed by atoms with Gasteiger partial charge in [-0.2, -0.15) is 0 Å². The molecule has 0 saturated carbocycles. The Bertz CT molecular complexity index is 349. The van der Waals surface area contributed by atoms with Crippen LogP contribution in [0, 0.1) is 6.92 Å². The minimum Gasteiger partial charge on any atom is -0.481 e. The zero-order valence-electron chi connectivity index (χ0n) is 7.70. The van der Waals surface area contributed by atoms with Crippen molar-refractivity contribution in [2.75, 3.05) is 6.61 Å². The summed E-state index contributed by atoms with van der Waals surface area (Å²) >= 11 is 5.94. The van der Waals surface area contributed by atoms with E-state index in [4.69, 9.17) is 21.8 Å². The van der Waals surface area contributed by atoms with E-state index < -0.39 is 18.5 Å². The van der Waals surface area contributed by atoms with Gasteiger partial charge in [-0.1, -0.05) is 29.8 Å². The average molecular weight is 215 g/mol. The summed E-state index contributed by atoms with van der Waals surface area (Å²) < 4.78 is 0. The Labute approximate surface area is 86.9 Å². The van der Waals surface area contributed by atoms with Gasteiger partial charge >= 0.3 is 5.97 Å². The third-order valence-corrected chi connectivity index (χ3v) is 2.59. The molecule has 14 heavy (non-hydrogen) atoms. The highest BCUT2D eigenvalue weighted by Gasteiger charge is 2.21. The predicted molar refractivity (Wildman–Crippen MR) is 53.7 cm³/mol. The lowest BCUT2D eigenvalue weighted by atomic mass is 9.98. The molecule has 0 aliphatic carbocycles. The normalized spacial score (nSPS) is 12.5. The minimum absolute atomic E-state index is 0.411. The number of rotatable bonds is 3. The zero-order chi connectivity index (χ0) is 10.7. The Morgan fingerprint density at radius 1 is 1.57 bits per heavy atom. The first kappa shape index (κ1) is 11.0. The molecule has 0 bridgehead atoms. The molecule has 1 rings (SSSR count). The molecule has 1 aromatic carbocycles. The molecule has 1 atom stereocenters. The number of benzene rings is 1. The molecule has 0 spiro atoms. The van der Waals surface area contributed by atoms with Gasteiger partial charge in [0.15, 0.2) is 0 Å². The average Bonchev–Trinajstić information content (AvgIpc) is 2.13. The van der Waals surface area contributed by atoms with Crippen molar-refractivity contribution in [3.8, 4) is 0 Å². The highest BCUT2D eigenvalue weighted by atomic mass is 35.5. The van der Waals surface area contributed by atoms with Crippen molar-refractivity contribution in [3.05, 3.63) is 34.3 Å². The lowest BCUT2D eigenvalue weighted by Crippen LogP contribution is -2.16. The third-order valence-electron chi connectivity index (χ3n) is 2.08. The molecule has 76 valence electrons. The SMILES string of the molecule is Cc1cccc(C(CO)C(=O)O)c1Cl. The van der Waals surface area contributed by atoms with Crippen molar-refractivity contribution in [2.45, 2.75) is 12.8 Å². The van der Waals surface area contributed by atoms with E-state index in [1.165, 1.54) is 0 Å². The van der Waals surface area contributed by atoms with Gasteiger partial charge in [-0.15, -0.1) is 0 Å². The molecule has 4 heteroatoms. The Hall–Kier alpha value is -1.06. The van der Waals surface area contributed by atoms with Gasteiger partial charge in [0.2, 0.25) is 0 Å². The number of hydrogen-bond acceptors (Lipinski definition) is 2. The summed E-state index contributed by atoms with van der Waals surface area (Å²) in [6, 6.07) is 5.13. The summed E-state index contributed by atoms with van der Waals surface area (Å²) in [7, 11) is 0. The summed E-state index contributed by atoms with van der Waals surface area (Å²) in [6.07, 6.45) is 0. The van der Waals surface area contributed by atoms with Gasteiger partial charge in [-0.3, -0.25) is 4.79 Å². The van der Waals surface area contributed by atoms with Crippen LogP contribution in [0.2, 0.25) is 5.02 Å². The van der Waals surface area contributed by atoms with Crippen LogP contribution in [0.1, 0.15) is 17.0 Å². The van der Waals surface area contributed by atoms with Gasteiger partial charge in [0.1, 0.15) is 5.92 Å². The molecule has 3 nitrogen and oxygen atoms in total. The first-order chi connectivity index (χ1) is 6.57. The summed E-state index contributed by atoms with van der Waals surface area (Å²) in [4.78, 5) is 10.8. The van der Waals surface area contributed by atoms with Crippen molar-refractivity contribution < 1.29 is 15.0 Å². The smallest absolute Gasteiger partial charge is 0.313 e. The fourth-order valence-corrected chi connectivity index (χ4v) is 1.51. The lowest BCUT2D eigenvalue weighted by Gasteiger charge is -2.12. The number of aliphatic hydroxyl groups excluding tert-OH is 1. The van der Waals surface area contributed by atoms with Gasteiger partial charge in [0.25, 0.3) is 0 Å². The van der Waals surface area contributed by atoms with Gasteiger partial charge < -0.3 is 10.2 Å². The maximum absolute atomic E-state index is 10.8. The molecule has 0 amide bonds. The van der Waals surface area contributed by atoms with E-state index in [9.17, 15) is 4.79 Å². The van der Waals surface area contributed by atoms with Crippen molar-refractivity contribution in [1.82, 2.24) is 0 Å². The van der Waals surface area contributed by atoms with Crippen LogP contribution in [0.5, 0.6) is 0 Å². The second-order valence-corrected chi connectivity index (χ2v) is 3.43. The second-order valence-electron chi connectivity index (χ2n) is 3.05. The van der Waals surface area contributed by atoms with E-state index in [1.807, 2.05) is 0 Å². The van der Waals surface area contributed by atoms with Gasteiger partial charge in [-0.25, -0.2) is 0 Å². The first-order valence-corrected chi connectivity index (χ1v) is 4.54. The summed E-state index contributed by atoms with van der Waals surface area (Å²) in [5.74, 6) is -2.01. The van der Waals surface area contributed by atoms with Crippen LogP contribution >= 0.6 is 11.6 Å². The van der Waals surface area contributed by atoms with E-state index in [0.29, 0.717) is 10.6 Å². The van der Waals surface area contributed by atoms with Gasteiger partial charge in [0.05, 0.1) is 6.61 Å². The van der Waals surface area contributed by atoms with Crippen LogP contribution in [0.15, 0.2) is 18.2 Å². The fraction of sp³-hybridized carbons (Fsp3) is 0.300. The van der Waals surface area contributed by atoms with Crippen molar-refractivity contribution in [1.29, 1.82) is 0 Å². The molecular weight excluding hydrogens is 204 g/mol. The predicted octanol–water partition coefficient (Wildman–Crippen LogP) is 1.81. The van der Waals surface area contributed by atoms with E-state index in [-0.39, 0.29) is 0 Å². The number of aryl methyl sites for hydroxylation is 1. The van der Waals surface area contributed by atoms with Crippen LogP contribution in [-0.2, 0) is 4.79 Å². The number of aliphatic hydroxyl groups is 1. The van der Waals surface area contributed by atoms with E-state index >= 15 is 0 Å². The Morgan fingerprint density at radius 2 is 2.21 bits per heavy atom. The van der Waals surface area contributed by atoms with Gasteiger partial charge in [0, 0.05) is 5.02 Å². The number of carboxylic acids is 1. The molecule has 0 aromatic heterocycles. The fourth-order valence-electron chi connectivity index (χ4n) is 1.25. The van der Waals surface area contributed by atoms with Crippen molar-refractivity contribution >= 4 is 17.6 Å². The summed E-state index contributed by atoms with van der Waals surface area (Å²) in [5, 5.41) is 18.2. The topological polar surface area (TPSA) is 57.5 Å². The van der Waals surface area contributed by atoms with Crippen LogP contribution < -0.4 is 0 Å². The van der Waals surface area contributed by atoms with Crippen LogP contribution in [0.3, 0.4) is 0 Å². The molecule has 0 aliphatic heterocycles. The summed E-state index contributed by atoms with van der Waals surface area (Å²) in [6.45, 7) is 1.35. The van der Waals surface area contributed by atoms with Crippen molar-refractivity contribution in [3.63, 3.8) is 0 Å². The Morgan fingerprint density at radius 3 is 2.71 bits per heavy atom. The monoisotopic (exact) mass is 214 g/mol. The largest absolute Gasteiger partial charge is 0.481 e. The van der Waals surface area contributed by atoms with E-state index in [2.05, 4.69) is 0 Å². The zero-order valence-corrected chi connectivity index (χ0v) is 8.45. The van der Waals surface area contributed by atoms with E-state index in [1.54, 1.807) is 25.1 Å². The van der Waals surface area contributed by atoms with Gasteiger partial charge in [-0.05, 0) is 18.1 Å². The number of hydrogen-bond donors (Lipinski definition) is 2. The minimum atomic E-state index is -1.07.